The maximum Gasteiger partial charge on any atom is 0.426 e. The highest BCUT2D eigenvalue weighted by Gasteiger charge is 2.60. The lowest BCUT2D eigenvalue weighted by Gasteiger charge is -2.36. The molecule has 0 aliphatic carbocycles. The third kappa shape index (κ3) is 3.16. The summed E-state index contributed by atoms with van der Waals surface area (Å²) in [6.07, 6.45) is -6.43. The average molecular weight is 323 g/mol. The van der Waals surface area contributed by atoms with E-state index >= 15 is 0 Å². The van der Waals surface area contributed by atoms with E-state index in [4.69, 9.17) is 10.5 Å². The van der Waals surface area contributed by atoms with Gasteiger partial charge >= 0.3 is 6.18 Å². The molecule has 124 valence electrons. The van der Waals surface area contributed by atoms with Crippen molar-refractivity contribution in [2.75, 3.05) is 7.11 Å². The van der Waals surface area contributed by atoms with Gasteiger partial charge in [0.25, 0.3) is 5.91 Å². The molecule has 1 unspecified atom stereocenters. The fourth-order valence-electron chi connectivity index (χ4n) is 2.39. The zero-order valence-electron chi connectivity index (χ0n) is 12.3. The van der Waals surface area contributed by atoms with E-state index in [1.807, 2.05) is 0 Å². The standard InChI is InChI=1S/C14H17F4NO3/c1-12(2,7-13(21,11(19)20)14(16,17)18)10-8(15)5-4-6-9(10)22-3/h4-6,21H,7H2,1-3H3,(H2,19,20). The van der Waals surface area contributed by atoms with Crippen LogP contribution in [0, 0.1) is 5.82 Å². The summed E-state index contributed by atoms with van der Waals surface area (Å²) in [5.74, 6) is -2.74. The van der Waals surface area contributed by atoms with Crippen molar-refractivity contribution in [2.24, 2.45) is 5.73 Å². The summed E-state index contributed by atoms with van der Waals surface area (Å²) >= 11 is 0. The number of hydrogen-bond acceptors (Lipinski definition) is 3. The molecular formula is C14H17F4NO3. The van der Waals surface area contributed by atoms with Crippen molar-refractivity contribution in [3.8, 4) is 5.75 Å². The molecule has 0 spiro atoms. The zero-order valence-corrected chi connectivity index (χ0v) is 12.3. The molecule has 0 bridgehead atoms. The van der Waals surface area contributed by atoms with E-state index in [9.17, 15) is 27.5 Å². The lowest BCUT2D eigenvalue weighted by Crippen LogP contribution is -2.58. The molecule has 4 nitrogen and oxygen atoms in total. The Balaban J connectivity index is 3.40. The normalized spacial score (nSPS) is 15.3. The fraction of sp³-hybridized carbons (Fsp3) is 0.500. The Labute approximate surface area is 124 Å². The summed E-state index contributed by atoms with van der Waals surface area (Å²) in [7, 11) is 1.23. The zero-order chi connectivity index (χ0) is 17.3. The minimum absolute atomic E-state index is 0.0130. The van der Waals surface area contributed by atoms with Crippen LogP contribution in [0.4, 0.5) is 17.6 Å². The number of aliphatic hydroxyl groups is 1. The van der Waals surface area contributed by atoms with Gasteiger partial charge in [-0.2, -0.15) is 13.2 Å². The van der Waals surface area contributed by atoms with Gasteiger partial charge in [0.05, 0.1) is 7.11 Å². The molecule has 0 radical (unpaired) electrons. The summed E-state index contributed by atoms with van der Waals surface area (Å²) in [5, 5.41) is 9.71. The van der Waals surface area contributed by atoms with Gasteiger partial charge in [-0.25, -0.2) is 4.39 Å². The average Bonchev–Trinajstić information content (AvgIpc) is 2.35. The van der Waals surface area contributed by atoms with E-state index in [0.29, 0.717) is 0 Å². The number of nitrogens with two attached hydrogens (primary N) is 1. The van der Waals surface area contributed by atoms with E-state index in [2.05, 4.69) is 0 Å². The molecule has 0 heterocycles. The molecule has 0 fully saturated rings. The Morgan fingerprint density at radius 1 is 1.32 bits per heavy atom. The van der Waals surface area contributed by atoms with Crippen molar-refractivity contribution in [2.45, 2.75) is 37.5 Å². The van der Waals surface area contributed by atoms with Crippen LogP contribution >= 0.6 is 0 Å². The number of methoxy groups -OCH3 is 1. The van der Waals surface area contributed by atoms with Gasteiger partial charge in [0.1, 0.15) is 11.6 Å². The second-order valence-electron chi connectivity index (χ2n) is 5.60. The predicted octanol–water partition coefficient (Wildman–Crippen LogP) is 2.28. The van der Waals surface area contributed by atoms with E-state index in [0.717, 1.165) is 6.07 Å². The van der Waals surface area contributed by atoms with Gasteiger partial charge in [-0.15, -0.1) is 0 Å². The molecule has 1 amide bonds. The molecule has 0 aromatic heterocycles. The largest absolute Gasteiger partial charge is 0.496 e. The van der Waals surface area contributed by atoms with Crippen LogP contribution < -0.4 is 10.5 Å². The molecule has 1 rings (SSSR count). The van der Waals surface area contributed by atoms with Crippen LogP contribution in [0.5, 0.6) is 5.75 Å². The van der Waals surface area contributed by atoms with E-state index in [1.54, 1.807) is 0 Å². The smallest absolute Gasteiger partial charge is 0.426 e. The van der Waals surface area contributed by atoms with Crippen molar-refractivity contribution in [1.82, 2.24) is 0 Å². The first-order chi connectivity index (χ1) is 9.87. The number of benzene rings is 1. The number of hydrogen-bond donors (Lipinski definition) is 2. The SMILES string of the molecule is COc1cccc(F)c1C(C)(C)CC(O)(C(N)=O)C(F)(F)F. The summed E-state index contributed by atoms with van der Waals surface area (Å²) < 4.78 is 58.0. The molecule has 0 aliphatic rings. The molecule has 22 heavy (non-hydrogen) atoms. The third-order valence-corrected chi connectivity index (χ3v) is 3.45. The fourth-order valence-corrected chi connectivity index (χ4v) is 2.39. The van der Waals surface area contributed by atoms with E-state index < -0.39 is 35.3 Å². The van der Waals surface area contributed by atoms with Crippen molar-refractivity contribution >= 4 is 5.91 Å². The number of alkyl halides is 3. The second-order valence-corrected chi connectivity index (χ2v) is 5.60. The summed E-state index contributed by atoms with van der Waals surface area (Å²) in [5.41, 5.74) is -0.810. The van der Waals surface area contributed by atoms with Gasteiger partial charge in [-0.3, -0.25) is 4.79 Å². The third-order valence-electron chi connectivity index (χ3n) is 3.45. The molecule has 1 atom stereocenters. The highest BCUT2D eigenvalue weighted by molar-refractivity contribution is 5.84. The highest BCUT2D eigenvalue weighted by atomic mass is 19.4. The number of amides is 1. The Bertz CT molecular complexity index is 572. The van der Waals surface area contributed by atoms with Gasteiger partial charge in [0, 0.05) is 12.0 Å². The van der Waals surface area contributed by atoms with Crippen LogP contribution in [-0.2, 0) is 10.2 Å². The van der Waals surface area contributed by atoms with Crippen molar-refractivity contribution in [3.05, 3.63) is 29.6 Å². The number of rotatable bonds is 5. The van der Waals surface area contributed by atoms with Gasteiger partial charge in [0.15, 0.2) is 0 Å². The molecule has 1 aromatic carbocycles. The first kappa shape index (κ1) is 18.2. The molecule has 8 heteroatoms. The Hall–Kier alpha value is -1.83. The molecular weight excluding hydrogens is 306 g/mol. The van der Waals surface area contributed by atoms with Crippen molar-refractivity contribution in [1.29, 1.82) is 0 Å². The first-order valence-electron chi connectivity index (χ1n) is 6.29. The summed E-state index contributed by atoms with van der Waals surface area (Å²) in [4.78, 5) is 11.1. The van der Waals surface area contributed by atoms with Crippen LogP contribution in [-0.4, -0.2) is 29.9 Å². The van der Waals surface area contributed by atoms with Gasteiger partial charge < -0.3 is 15.6 Å². The van der Waals surface area contributed by atoms with Gasteiger partial charge in [-0.05, 0) is 17.5 Å². The minimum Gasteiger partial charge on any atom is -0.496 e. The number of primary amides is 1. The molecule has 0 aliphatic heterocycles. The Morgan fingerprint density at radius 3 is 2.27 bits per heavy atom. The lowest BCUT2D eigenvalue weighted by molar-refractivity contribution is -0.255. The van der Waals surface area contributed by atoms with Crippen LogP contribution in [0.2, 0.25) is 0 Å². The Kier molecular flexibility index (Phi) is 4.76. The molecule has 0 saturated heterocycles. The van der Waals surface area contributed by atoms with Gasteiger partial charge in [-0.1, -0.05) is 19.9 Å². The molecule has 0 saturated carbocycles. The first-order valence-corrected chi connectivity index (χ1v) is 6.29. The van der Waals surface area contributed by atoms with E-state index in [-0.39, 0.29) is 11.3 Å². The molecule has 1 aromatic rings. The monoisotopic (exact) mass is 323 g/mol. The quantitative estimate of drug-likeness (QED) is 0.817. The van der Waals surface area contributed by atoms with Crippen LogP contribution in [0.15, 0.2) is 18.2 Å². The van der Waals surface area contributed by atoms with E-state index in [1.165, 1.54) is 33.1 Å². The maximum atomic E-state index is 14.0. The predicted molar refractivity (Wildman–Crippen MR) is 70.8 cm³/mol. The van der Waals surface area contributed by atoms with Gasteiger partial charge in [0.2, 0.25) is 5.60 Å². The topological polar surface area (TPSA) is 72.6 Å². The summed E-state index contributed by atoms with van der Waals surface area (Å²) in [6, 6.07) is 3.76. The number of carbonyl (C=O) groups excluding carboxylic acids is 1. The lowest BCUT2D eigenvalue weighted by atomic mass is 9.74. The second kappa shape index (κ2) is 5.75. The number of carbonyl (C=O) groups is 1. The van der Waals surface area contributed by atoms with Crippen LogP contribution in [0.1, 0.15) is 25.8 Å². The van der Waals surface area contributed by atoms with Crippen LogP contribution in [0.3, 0.4) is 0 Å². The van der Waals surface area contributed by atoms with Crippen molar-refractivity contribution < 1.29 is 32.2 Å². The minimum atomic E-state index is -5.28. The number of ether oxygens (including phenoxy) is 1. The Morgan fingerprint density at radius 2 is 1.86 bits per heavy atom. The van der Waals surface area contributed by atoms with Crippen molar-refractivity contribution in [3.63, 3.8) is 0 Å². The maximum absolute atomic E-state index is 14.0. The highest BCUT2D eigenvalue weighted by Crippen LogP contribution is 2.44. The molecule has 3 N–H and O–H groups in total. The summed E-state index contributed by atoms with van der Waals surface area (Å²) in [6.45, 7) is 2.52. The number of halogens is 4. The van der Waals surface area contributed by atoms with Crippen LogP contribution in [0.25, 0.3) is 0 Å².